The minimum Gasteiger partial charge on any atom is -0.419 e. The molecule has 1 aromatic carbocycles. The van der Waals surface area contributed by atoms with Gasteiger partial charge in [-0.05, 0) is 30.3 Å². The van der Waals surface area contributed by atoms with Crippen LogP contribution in [0.2, 0.25) is 0 Å². The lowest BCUT2D eigenvalue weighted by Gasteiger charge is -2.34. The number of alkyl halides is 3. The zero-order chi connectivity index (χ0) is 20.4. The minimum atomic E-state index is -4.37. The number of rotatable bonds is 4. The molecular formula is C19H17BrF3N5O. The highest BCUT2D eigenvalue weighted by atomic mass is 79.9. The second-order valence-corrected chi connectivity index (χ2v) is 7.59. The predicted molar refractivity (Wildman–Crippen MR) is 104 cm³/mol. The molecule has 0 amide bonds. The summed E-state index contributed by atoms with van der Waals surface area (Å²) >= 11 is 3.42. The fourth-order valence-electron chi connectivity index (χ4n) is 3.12. The molecule has 1 aliphatic heterocycles. The van der Waals surface area contributed by atoms with Crippen LogP contribution < -0.4 is 4.90 Å². The van der Waals surface area contributed by atoms with Gasteiger partial charge in [-0.3, -0.25) is 4.90 Å². The van der Waals surface area contributed by atoms with E-state index in [0.29, 0.717) is 37.2 Å². The maximum absolute atomic E-state index is 12.7. The molecule has 6 nitrogen and oxygen atoms in total. The maximum Gasteiger partial charge on any atom is 0.417 e. The summed E-state index contributed by atoms with van der Waals surface area (Å²) in [6.07, 6.45) is -3.49. The summed E-state index contributed by atoms with van der Waals surface area (Å²) in [6.45, 7) is 3.28. The molecule has 0 saturated carbocycles. The van der Waals surface area contributed by atoms with Crippen molar-refractivity contribution in [1.82, 2.24) is 20.1 Å². The summed E-state index contributed by atoms with van der Waals surface area (Å²) in [5, 5.41) is 8.23. The third-order valence-corrected chi connectivity index (χ3v) is 5.16. The van der Waals surface area contributed by atoms with Crippen LogP contribution >= 0.6 is 15.9 Å². The van der Waals surface area contributed by atoms with Gasteiger partial charge < -0.3 is 9.32 Å². The number of halogens is 4. The number of aromatic nitrogens is 3. The van der Waals surface area contributed by atoms with Gasteiger partial charge >= 0.3 is 6.18 Å². The smallest absolute Gasteiger partial charge is 0.417 e. The third kappa shape index (κ3) is 4.76. The molecule has 29 heavy (non-hydrogen) atoms. The van der Waals surface area contributed by atoms with E-state index in [0.717, 1.165) is 35.4 Å². The summed E-state index contributed by atoms with van der Waals surface area (Å²) in [5.74, 6) is 1.54. The number of anilines is 1. The molecule has 2 aromatic heterocycles. The summed E-state index contributed by atoms with van der Waals surface area (Å²) < 4.78 is 44.7. The average Bonchev–Trinajstić information content (AvgIpc) is 3.17. The molecule has 3 heterocycles. The van der Waals surface area contributed by atoms with Gasteiger partial charge in [0.2, 0.25) is 11.8 Å². The summed E-state index contributed by atoms with van der Waals surface area (Å²) in [7, 11) is 0. The predicted octanol–water partition coefficient (Wildman–Crippen LogP) is 4.24. The van der Waals surface area contributed by atoms with Gasteiger partial charge in [0.1, 0.15) is 5.82 Å². The van der Waals surface area contributed by atoms with Crippen LogP contribution in [0.3, 0.4) is 0 Å². The lowest BCUT2D eigenvalue weighted by molar-refractivity contribution is -0.137. The van der Waals surface area contributed by atoms with E-state index in [2.05, 4.69) is 36.0 Å². The monoisotopic (exact) mass is 467 g/mol. The highest BCUT2D eigenvalue weighted by molar-refractivity contribution is 9.10. The third-order valence-electron chi connectivity index (χ3n) is 4.67. The van der Waals surface area contributed by atoms with Crippen molar-refractivity contribution < 1.29 is 17.6 Å². The minimum absolute atomic E-state index is 0.467. The van der Waals surface area contributed by atoms with Gasteiger partial charge in [0, 0.05) is 42.4 Å². The van der Waals surface area contributed by atoms with E-state index < -0.39 is 11.7 Å². The summed E-state index contributed by atoms with van der Waals surface area (Å²) in [4.78, 5) is 8.10. The van der Waals surface area contributed by atoms with Crippen LogP contribution in [-0.4, -0.2) is 46.3 Å². The molecule has 0 aliphatic carbocycles. The molecular weight excluding hydrogens is 451 g/mol. The Hall–Kier alpha value is -2.46. The summed E-state index contributed by atoms with van der Waals surface area (Å²) in [6, 6.07) is 10.1. The molecule has 0 atom stereocenters. The van der Waals surface area contributed by atoms with E-state index in [4.69, 9.17) is 4.42 Å². The number of benzene rings is 1. The van der Waals surface area contributed by atoms with Crippen LogP contribution in [0, 0.1) is 0 Å². The SMILES string of the molecule is FC(F)(F)c1ccc(N2CCN(Cc3nnc(-c4cccc(Br)c4)o3)CC2)nc1. The van der Waals surface area contributed by atoms with E-state index >= 15 is 0 Å². The Labute approximate surface area is 173 Å². The average molecular weight is 468 g/mol. The number of pyridine rings is 1. The number of hydrogen-bond donors (Lipinski definition) is 0. The highest BCUT2D eigenvalue weighted by Crippen LogP contribution is 2.29. The van der Waals surface area contributed by atoms with Crippen molar-refractivity contribution in [3.05, 3.63) is 58.5 Å². The first-order chi connectivity index (χ1) is 13.9. The fourth-order valence-corrected chi connectivity index (χ4v) is 3.52. The Morgan fingerprint density at radius 3 is 2.48 bits per heavy atom. The second kappa shape index (κ2) is 8.11. The quantitative estimate of drug-likeness (QED) is 0.571. The summed E-state index contributed by atoms with van der Waals surface area (Å²) in [5.41, 5.74) is 0.105. The molecule has 0 unspecified atom stereocenters. The van der Waals surface area contributed by atoms with Crippen LogP contribution in [0.15, 0.2) is 51.5 Å². The zero-order valence-corrected chi connectivity index (χ0v) is 16.8. The van der Waals surface area contributed by atoms with Gasteiger partial charge in [0.15, 0.2) is 0 Å². The zero-order valence-electron chi connectivity index (χ0n) is 15.2. The molecule has 0 spiro atoms. The van der Waals surface area contributed by atoms with Crippen molar-refractivity contribution in [2.45, 2.75) is 12.7 Å². The van der Waals surface area contributed by atoms with Gasteiger partial charge in [0.25, 0.3) is 0 Å². The first-order valence-corrected chi connectivity index (χ1v) is 9.77. The number of hydrogen-bond acceptors (Lipinski definition) is 6. The number of piperazine rings is 1. The number of nitrogens with zero attached hydrogens (tertiary/aromatic N) is 5. The molecule has 1 fully saturated rings. The van der Waals surface area contributed by atoms with Gasteiger partial charge in [0.05, 0.1) is 12.1 Å². The van der Waals surface area contributed by atoms with Crippen molar-refractivity contribution in [3.8, 4) is 11.5 Å². The fraction of sp³-hybridized carbons (Fsp3) is 0.316. The molecule has 1 saturated heterocycles. The van der Waals surface area contributed by atoms with E-state index in [1.807, 2.05) is 29.2 Å². The van der Waals surface area contributed by atoms with Gasteiger partial charge in [-0.2, -0.15) is 13.2 Å². The van der Waals surface area contributed by atoms with Crippen LogP contribution in [-0.2, 0) is 12.7 Å². The van der Waals surface area contributed by atoms with Crippen LogP contribution in [0.25, 0.3) is 11.5 Å². The van der Waals surface area contributed by atoms with E-state index in [1.165, 1.54) is 6.07 Å². The van der Waals surface area contributed by atoms with Gasteiger partial charge in [-0.1, -0.05) is 22.0 Å². The Morgan fingerprint density at radius 2 is 1.83 bits per heavy atom. The van der Waals surface area contributed by atoms with Crippen molar-refractivity contribution in [2.24, 2.45) is 0 Å². The molecule has 10 heteroatoms. The first kappa shape index (κ1) is 19.8. The Balaban J connectivity index is 1.33. The van der Waals surface area contributed by atoms with Crippen LogP contribution in [0.4, 0.5) is 19.0 Å². The Bertz CT molecular complexity index is 968. The molecule has 4 rings (SSSR count). The van der Waals surface area contributed by atoms with Crippen LogP contribution in [0.5, 0.6) is 0 Å². The van der Waals surface area contributed by atoms with Crippen LogP contribution in [0.1, 0.15) is 11.5 Å². The van der Waals surface area contributed by atoms with E-state index in [9.17, 15) is 13.2 Å². The molecule has 3 aromatic rings. The van der Waals surface area contributed by atoms with Gasteiger partial charge in [-0.25, -0.2) is 4.98 Å². The maximum atomic E-state index is 12.7. The second-order valence-electron chi connectivity index (χ2n) is 6.68. The Kier molecular flexibility index (Phi) is 5.55. The van der Waals surface area contributed by atoms with Crippen molar-refractivity contribution in [1.29, 1.82) is 0 Å². The van der Waals surface area contributed by atoms with Crippen molar-refractivity contribution in [2.75, 3.05) is 31.1 Å². The highest BCUT2D eigenvalue weighted by Gasteiger charge is 2.31. The lowest BCUT2D eigenvalue weighted by atomic mass is 10.2. The first-order valence-electron chi connectivity index (χ1n) is 8.97. The van der Waals surface area contributed by atoms with Gasteiger partial charge in [-0.15, -0.1) is 10.2 Å². The Morgan fingerprint density at radius 1 is 1.03 bits per heavy atom. The molecule has 0 N–H and O–H groups in total. The van der Waals surface area contributed by atoms with Crippen molar-refractivity contribution >= 4 is 21.7 Å². The lowest BCUT2D eigenvalue weighted by Crippen LogP contribution is -2.46. The molecule has 0 radical (unpaired) electrons. The van der Waals surface area contributed by atoms with E-state index in [-0.39, 0.29) is 0 Å². The molecule has 0 bridgehead atoms. The largest absolute Gasteiger partial charge is 0.419 e. The topological polar surface area (TPSA) is 58.3 Å². The normalized spacial score (nSPS) is 15.7. The standard InChI is InChI=1S/C19H17BrF3N5O/c20-15-3-1-2-13(10-15)18-26-25-17(29-18)12-27-6-8-28(9-7-27)16-5-4-14(11-24-16)19(21,22)23/h1-5,10-11H,6-9,12H2. The van der Waals surface area contributed by atoms with Crippen molar-refractivity contribution in [3.63, 3.8) is 0 Å². The van der Waals surface area contributed by atoms with E-state index in [1.54, 1.807) is 0 Å². The molecule has 152 valence electrons. The molecule has 1 aliphatic rings.